The number of hydrogen-bond donors (Lipinski definition) is 1. The first kappa shape index (κ1) is 15.2. The normalized spacial score (nSPS) is 10.5. The molecule has 0 atom stereocenters. The summed E-state index contributed by atoms with van der Waals surface area (Å²) >= 11 is 6.10. The van der Waals surface area contributed by atoms with E-state index in [1.54, 1.807) is 16.9 Å². The Labute approximate surface area is 138 Å². The third-order valence-electron chi connectivity index (χ3n) is 3.42. The highest BCUT2D eigenvalue weighted by Gasteiger charge is 2.12. The van der Waals surface area contributed by atoms with E-state index < -0.39 is 0 Å². The number of rotatable bonds is 4. The van der Waals surface area contributed by atoms with Crippen molar-refractivity contribution in [2.45, 2.75) is 13.5 Å². The van der Waals surface area contributed by atoms with Gasteiger partial charge < -0.3 is 5.32 Å². The Morgan fingerprint density at radius 2 is 2.13 bits per heavy atom. The van der Waals surface area contributed by atoms with Crippen molar-refractivity contribution in [2.24, 2.45) is 0 Å². The van der Waals surface area contributed by atoms with Gasteiger partial charge in [0.1, 0.15) is 0 Å². The van der Waals surface area contributed by atoms with Gasteiger partial charge in [-0.05, 0) is 30.7 Å². The Morgan fingerprint density at radius 1 is 1.30 bits per heavy atom. The molecule has 0 aliphatic carbocycles. The number of hydrogen-bond acceptors (Lipinski definition) is 3. The maximum Gasteiger partial charge on any atom is 0.254 e. The fourth-order valence-corrected chi connectivity index (χ4v) is 2.55. The summed E-state index contributed by atoms with van der Waals surface area (Å²) in [6.45, 7) is 2.20. The fourth-order valence-electron chi connectivity index (χ4n) is 2.26. The van der Waals surface area contributed by atoms with E-state index in [1.807, 2.05) is 43.5 Å². The zero-order valence-corrected chi connectivity index (χ0v) is 13.3. The first-order chi connectivity index (χ1) is 11.1. The van der Waals surface area contributed by atoms with Crippen LogP contribution in [0.2, 0.25) is 5.02 Å². The van der Waals surface area contributed by atoms with E-state index in [0.717, 1.165) is 16.9 Å². The van der Waals surface area contributed by atoms with Crippen LogP contribution in [0, 0.1) is 6.92 Å². The lowest BCUT2D eigenvalue weighted by Crippen LogP contribution is -2.24. The van der Waals surface area contributed by atoms with Gasteiger partial charge in [-0.15, -0.1) is 0 Å². The summed E-state index contributed by atoms with van der Waals surface area (Å²) in [5.74, 6) is -0.252. The predicted molar refractivity (Wildman–Crippen MR) is 88.7 cm³/mol. The van der Waals surface area contributed by atoms with Gasteiger partial charge in [0.25, 0.3) is 5.91 Å². The minimum Gasteiger partial charge on any atom is -0.348 e. The average Bonchev–Trinajstić information content (AvgIpc) is 3.07. The van der Waals surface area contributed by atoms with Crippen molar-refractivity contribution < 1.29 is 4.79 Å². The second-order valence-corrected chi connectivity index (χ2v) is 5.47. The van der Waals surface area contributed by atoms with E-state index in [9.17, 15) is 4.79 Å². The van der Waals surface area contributed by atoms with Crippen LogP contribution in [0.15, 0.2) is 55.0 Å². The number of benzene rings is 1. The number of halogens is 1. The molecule has 6 heteroatoms. The van der Waals surface area contributed by atoms with Crippen LogP contribution in [0.3, 0.4) is 0 Å². The zero-order valence-electron chi connectivity index (χ0n) is 12.5. The lowest BCUT2D eigenvalue weighted by molar-refractivity contribution is 0.0950. The summed E-state index contributed by atoms with van der Waals surface area (Å²) in [5, 5.41) is 7.50. The van der Waals surface area contributed by atoms with Gasteiger partial charge in [-0.2, -0.15) is 5.10 Å². The van der Waals surface area contributed by atoms with Crippen molar-refractivity contribution in [2.75, 3.05) is 0 Å². The molecule has 0 aliphatic rings. The van der Waals surface area contributed by atoms with Crippen molar-refractivity contribution in [3.8, 4) is 5.69 Å². The lowest BCUT2D eigenvalue weighted by atomic mass is 10.1. The molecule has 0 radical (unpaired) electrons. The molecule has 0 bridgehead atoms. The standard InChI is InChI=1S/C17H15ClN4O/c1-12-9-15(18)14(11-19-12)17(23)20-10-13-5-2-3-6-16(13)22-8-4-7-21-22/h2-9,11H,10H2,1H3,(H,20,23). The number of carbonyl (C=O) groups excluding carboxylic acids is 1. The number of carbonyl (C=O) groups is 1. The van der Waals surface area contributed by atoms with Crippen molar-refractivity contribution in [1.29, 1.82) is 0 Å². The van der Waals surface area contributed by atoms with Crippen molar-refractivity contribution in [3.05, 3.63) is 76.8 Å². The Bertz CT molecular complexity index is 830. The van der Waals surface area contributed by atoms with E-state index in [0.29, 0.717) is 17.1 Å². The van der Waals surface area contributed by atoms with Crippen molar-refractivity contribution >= 4 is 17.5 Å². The first-order valence-electron chi connectivity index (χ1n) is 7.13. The molecule has 3 aromatic rings. The molecule has 0 saturated heterocycles. The van der Waals surface area contributed by atoms with Gasteiger partial charge in [0, 0.05) is 30.8 Å². The van der Waals surface area contributed by atoms with Gasteiger partial charge in [0.15, 0.2) is 0 Å². The maximum absolute atomic E-state index is 12.3. The Balaban J connectivity index is 1.77. The molecule has 1 amide bonds. The molecule has 0 saturated carbocycles. The molecule has 1 N–H and O–H groups in total. The number of aryl methyl sites for hydroxylation is 1. The number of pyridine rings is 1. The second kappa shape index (κ2) is 6.62. The highest BCUT2D eigenvalue weighted by atomic mass is 35.5. The van der Waals surface area contributed by atoms with Gasteiger partial charge in [-0.3, -0.25) is 9.78 Å². The van der Waals surface area contributed by atoms with Crippen molar-refractivity contribution in [3.63, 3.8) is 0 Å². The monoisotopic (exact) mass is 326 g/mol. The summed E-state index contributed by atoms with van der Waals surface area (Å²) in [4.78, 5) is 16.4. The largest absolute Gasteiger partial charge is 0.348 e. The summed E-state index contributed by atoms with van der Waals surface area (Å²) in [6, 6.07) is 11.3. The first-order valence-corrected chi connectivity index (χ1v) is 7.51. The Morgan fingerprint density at radius 3 is 2.87 bits per heavy atom. The Kier molecular flexibility index (Phi) is 4.39. The minimum absolute atomic E-state index is 0.252. The zero-order chi connectivity index (χ0) is 16.2. The van der Waals surface area contributed by atoms with Gasteiger partial charge in [0.05, 0.1) is 16.3 Å². The second-order valence-electron chi connectivity index (χ2n) is 5.07. The number of amides is 1. The van der Waals surface area contributed by atoms with E-state index in [2.05, 4.69) is 15.4 Å². The molecule has 2 heterocycles. The maximum atomic E-state index is 12.3. The van der Waals surface area contributed by atoms with E-state index in [-0.39, 0.29) is 5.91 Å². The van der Waals surface area contributed by atoms with Crippen LogP contribution in [0.4, 0.5) is 0 Å². The van der Waals surface area contributed by atoms with E-state index in [1.165, 1.54) is 6.20 Å². The van der Waals surface area contributed by atoms with E-state index in [4.69, 9.17) is 11.6 Å². The summed E-state index contributed by atoms with van der Waals surface area (Å²) in [6.07, 6.45) is 5.07. The molecule has 23 heavy (non-hydrogen) atoms. The highest BCUT2D eigenvalue weighted by molar-refractivity contribution is 6.33. The van der Waals surface area contributed by atoms with Crippen LogP contribution in [-0.2, 0) is 6.54 Å². The molecule has 0 fully saturated rings. The topological polar surface area (TPSA) is 59.8 Å². The quantitative estimate of drug-likeness (QED) is 0.801. The minimum atomic E-state index is -0.252. The van der Waals surface area contributed by atoms with Crippen LogP contribution in [0.1, 0.15) is 21.6 Å². The van der Waals surface area contributed by atoms with Crippen LogP contribution >= 0.6 is 11.6 Å². The highest BCUT2D eigenvalue weighted by Crippen LogP contribution is 2.17. The molecule has 2 aromatic heterocycles. The molecule has 3 rings (SSSR count). The van der Waals surface area contributed by atoms with Crippen LogP contribution in [0.25, 0.3) is 5.69 Å². The van der Waals surface area contributed by atoms with Crippen LogP contribution < -0.4 is 5.32 Å². The SMILES string of the molecule is Cc1cc(Cl)c(C(=O)NCc2ccccc2-n2cccn2)cn1. The van der Waals surface area contributed by atoms with Crippen molar-refractivity contribution in [1.82, 2.24) is 20.1 Å². The third kappa shape index (κ3) is 3.40. The molecular weight excluding hydrogens is 312 g/mol. The number of nitrogens with one attached hydrogen (secondary N) is 1. The molecular formula is C17H15ClN4O. The number of aromatic nitrogens is 3. The molecule has 1 aromatic carbocycles. The van der Waals surface area contributed by atoms with Gasteiger partial charge in [0.2, 0.25) is 0 Å². The molecule has 116 valence electrons. The average molecular weight is 327 g/mol. The smallest absolute Gasteiger partial charge is 0.254 e. The number of nitrogens with zero attached hydrogens (tertiary/aromatic N) is 3. The molecule has 5 nitrogen and oxygen atoms in total. The molecule has 0 unspecified atom stereocenters. The molecule has 0 spiro atoms. The third-order valence-corrected chi connectivity index (χ3v) is 3.73. The summed E-state index contributed by atoms with van der Waals surface area (Å²) in [5.41, 5.74) is 3.02. The van der Waals surface area contributed by atoms with E-state index >= 15 is 0 Å². The van der Waals surface area contributed by atoms with Gasteiger partial charge in [-0.1, -0.05) is 29.8 Å². The Hall–Kier alpha value is -2.66. The lowest BCUT2D eigenvalue weighted by Gasteiger charge is -2.11. The summed E-state index contributed by atoms with van der Waals surface area (Å²) in [7, 11) is 0. The fraction of sp³-hybridized carbons (Fsp3) is 0.118. The van der Waals surface area contributed by atoms with Crippen LogP contribution in [0.5, 0.6) is 0 Å². The predicted octanol–water partition coefficient (Wildman–Crippen LogP) is 3.16. The van der Waals surface area contributed by atoms with Gasteiger partial charge >= 0.3 is 0 Å². The summed E-state index contributed by atoms with van der Waals surface area (Å²) < 4.78 is 1.77. The molecule has 0 aliphatic heterocycles. The van der Waals surface area contributed by atoms with Gasteiger partial charge in [-0.25, -0.2) is 4.68 Å². The van der Waals surface area contributed by atoms with Crippen LogP contribution in [-0.4, -0.2) is 20.7 Å². The number of para-hydroxylation sites is 1.